The van der Waals surface area contributed by atoms with Crippen molar-refractivity contribution in [1.29, 1.82) is 0 Å². The van der Waals surface area contributed by atoms with Crippen molar-refractivity contribution in [3.05, 3.63) is 18.0 Å². The van der Waals surface area contributed by atoms with Gasteiger partial charge in [0.1, 0.15) is 10.6 Å². The predicted octanol–water partition coefficient (Wildman–Crippen LogP) is -0.0931. The number of morpholine rings is 2. The number of carbonyl (C=O) groups excluding carboxylic acids is 1. The molecule has 134 valence electrons. The molecule has 1 amide bonds. The summed E-state index contributed by atoms with van der Waals surface area (Å²) in [5.41, 5.74) is 0.371. The second kappa shape index (κ2) is 6.83. The minimum atomic E-state index is -3.60. The van der Waals surface area contributed by atoms with Gasteiger partial charge in [0.2, 0.25) is 10.0 Å². The summed E-state index contributed by atoms with van der Waals surface area (Å²) in [5, 5.41) is 0. The molecule has 3 rings (SSSR count). The summed E-state index contributed by atoms with van der Waals surface area (Å²) in [7, 11) is -1.91. The number of aryl methyl sites for hydroxylation is 1. The van der Waals surface area contributed by atoms with Gasteiger partial charge in [0.05, 0.1) is 25.9 Å². The molecule has 0 spiro atoms. The molecule has 2 fully saturated rings. The molecule has 0 bridgehead atoms. The molecule has 0 aromatic carbocycles. The predicted molar refractivity (Wildman–Crippen MR) is 86.3 cm³/mol. The molecule has 2 aliphatic rings. The quantitative estimate of drug-likeness (QED) is 0.755. The Labute approximate surface area is 142 Å². The first-order chi connectivity index (χ1) is 11.4. The number of ether oxygens (including phenoxy) is 2. The van der Waals surface area contributed by atoms with Crippen LogP contribution in [-0.2, 0) is 26.5 Å². The number of carbonyl (C=O) groups is 1. The van der Waals surface area contributed by atoms with E-state index in [2.05, 4.69) is 0 Å². The second-order valence-electron chi connectivity index (χ2n) is 6.12. The van der Waals surface area contributed by atoms with E-state index in [-0.39, 0.29) is 16.9 Å². The normalized spacial score (nSPS) is 23.4. The highest BCUT2D eigenvalue weighted by molar-refractivity contribution is 7.89. The number of hydrogen-bond acceptors (Lipinski definition) is 5. The lowest BCUT2D eigenvalue weighted by molar-refractivity contribution is -0.0127. The maximum absolute atomic E-state index is 12.7. The van der Waals surface area contributed by atoms with Crippen LogP contribution >= 0.6 is 0 Å². The number of nitrogens with zero attached hydrogens (tertiary/aromatic N) is 3. The molecule has 9 heteroatoms. The van der Waals surface area contributed by atoms with Crippen LogP contribution in [0.2, 0.25) is 0 Å². The van der Waals surface area contributed by atoms with E-state index in [0.29, 0.717) is 51.7 Å². The lowest BCUT2D eigenvalue weighted by Gasteiger charge is -2.31. The van der Waals surface area contributed by atoms with Crippen molar-refractivity contribution in [1.82, 2.24) is 13.8 Å². The summed E-state index contributed by atoms with van der Waals surface area (Å²) in [6.07, 6.45) is 1.49. The fraction of sp³-hybridized carbons (Fsp3) is 0.667. The Morgan fingerprint density at radius 3 is 2.58 bits per heavy atom. The Bertz CT molecular complexity index is 709. The Kier molecular flexibility index (Phi) is 4.95. The summed E-state index contributed by atoms with van der Waals surface area (Å²) in [4.78, 5) is 14.6. The Morgan fingerprint density at radius 2 is 1.92 bits per heavy atom. The van der Waals surface area contributed by atoms with Gasteiger partial charge in [-0.3, -0.25) is 4.79 Å². The first kappa shape index (κ1) is 17.4. The molecule has 1 atom stereocenters. The third kappa shape index (κ3) is 3.34. The highest BCUT2D eigenvalue weighted by Crippen LogP contribution is 2.21. The molecule has 2 saturated heterocycles. The van der Waals surface area contributed by atoms with Crippen LogP contribution < -0.4 is 0 Å². The van der Waals surface area contributed by atoms with Crippen LogP contribution in [0.1, 0.15) is 17.4 Å². The van der Waals surface area contributed by atoms with Gasteiger partial charge in [-0.25, -0.2) is 8.42 Å². The zero-order valence-corrected chi connectivity index (χ0v) is 14.8. The zero-order chi connectivity index (χ0) is 17.3. The largest absolute Gasteiger partial charge is 0.379 e. The number of sulfonamides is 1. The molecule has 1 aromatic rings. The molecule has 0 saturated carbocycles. The fourth-order valence-electron chi connectivity index (χ4n) is 2.99. The van der Waals surface area contributed by atoms with Crippen molar-refractivity contribution in [2.24, 2.45) is 7.05 Å². The van der Waals surface area contributed by atoms with Gasteiger partial charge < -0.3 is 18.9 Å². The van der Waals surface area contributed by atoms with Crippen molar-refractivity contribution < 1.29 is 22.7 Å². The van der Waals surface area contributed by atoms with E-state index in [4.69, 9.17) is 9.47 Å². The number of rotatable bonds is 3. The van der Waals surface area contributed by atoms with E-state index in [1.165, 1.54) is 16.6 Å². The van der Waals surface area contributed by atoms with Crippen molar-refractivity contribution in [2.45, 2.75) is 17.9 Å². The van der Waals surface area contributed by atoms with Gasteiger partial charge in [-0.1, -0.05) is 0 Å². The molecule has 0 radical (unpaired) electrons. The average Bonchev–Trinajstić information content (AvgIpc) is 2.97. The van der Waals surface area contributed by atoms with Crippen molar-refractivity contribution in [2.75, 3.05) is 46.0 Å². The van der Waals surface area contributed by atoms with E-state index in [1.807, 2.05) is 6.92 Å². The van der Waals surface area contributed by atoms with Gasteiger partial charge in [-0.05, 0) is 13.0 Å². The van der Waals surface area contributed by atoms with Crippen LogP contribution in [-0.4, -0.2) is 80.2 Å². The molecule has 8 nitrogen and oxygen atoms in total. The second-order valence-corrected chi connectivity index (χ2v) is 8.06. The van der Waals surface area contributed by atoms with Gasteiger partial charge in [0, 0.05) is 39.4 Å². The van der Waals surface area contributed by atoms with Crippen LogP contribution in [0.3, 0.4) is 0 Å². The summed E-state index contributed by atoms with van der Waals surface area (Å²) in [6, 6.07) is 1.47. The number of amides is 1. The van der Waals surface area contributed by atoms with Gasteiger partial charge in [-0.2, -0.15) is 4.31 Å². The highest BCUT2D eigenvalue weighted by Gasteiger charge is 2.30. The lowest BCUT2D eigenvalue weighted by Crippen LogP contribution is -2.45. The summed E-state index contributed by atoms with van der Waals surface area (Å²) >= 11 is 0. The van der Waals surface area contributed by atoms with Crippen LogP contribution in [0.4, 0.5) is 0 Å². The maximum Gasteiger partial charge on any atom is 0.270 e. The minimum Gasteiger partial charge on any atom is -0.379 e. The first-order valence-corrected chi connectivity index (χ1v) is 9.49. The molecule has 2 aliphatic heterocycles. The average molecular weight is 357 g/mol. The fourth-order valence-corrected chi connectivity index (χ4v) is 4.47. The van der Waals surface area contributed by atoms with E-state index in [0.717, 1.165) is 0 Å². The van der Waals surface area contributed by atoms with Gasteiger partial charge in [0.15, 0.2) is 0 Å². The SMILES string of the molecule is C[C@@H]1CN(C(=O)c2cc(S(=O)(=O)N3CCOCC3)cn2C)CCO1. The topological polar surface area (TPSA) is 81.1 Å². The minimum absolute atomic E-state index is 0.0143. The molecular formula is C15H23N3O5S. The number of aromatic nitrogens is 1. The lowest BCUT2D eigenvalue weighted by atomic mass is 10.2. The van der Waals surface area contributed by atoms with Crippen molar-refractivity contribution >= 4 is 15.9 Å². The highest BCUT2D eigenvalue weighted by atomic mass is 32.2. The Morgan fingerprint density at radius 1 is 1.21 bits per heavy atom. The number of hydrogen-bond donors (Lipinski definition) is 0. The van der Waals surface area contributed by atoms with E-state index < -0.39 is 10.0 Å². The maximum atomic E-state index is 12.7. The summed E-state index contributed by atoms with van der Waals surface area (Å²) in [5.74, 6) is -0.170. The van der Waals surface area contributed by atoms with Gasteiger partial charge in [0.25, 0.3) is 5.91 Å². The smallest absolute Gasteiger partial charge is 0.270 e. The molecular weight excluding hydrogens is 334 g/mol. The van der Waals surface area contributed by atoms with Crippen LogP contribution in [0.5, 0.6) is 0 Å². The van der Waals surface area contributed by atoms with Gasteiger partial charge >= 0.3 is 0 Å². The van der Waals surface area contributed by atoms with Crippen molar-refractivity contribution in [3.8, 4) is 0 Å². The van der Waals surface area contributed by atoms with E-state index in [1.54, 1.807) is 16.5 Å². The van der Waals surface area contributed by atoms with Crippen LogP contribution in [0.15, 0.2) is 17.2 Å². The van der Waals surface area contributed by atoms with Crippen molar-refractivity contribution in [3.63, 3.8) is 0 Å². The third-order valence-electron chi connectivity index (χ3n) is 4.34. The monoisotopic (exact) mass is 357 g/mol. The molecule has 1 aromatic heterocycles. The third-order valence-corrected chi connectivity index (χ3v) is 6.20. The zero-order valence-electron chi connectivity index (χ0n) is 14.0. The summed E-state index contributed by atoms with van der Waals surface area (Å²) in [6.45, 7) is 4.89. The molecule has 0 N–H and O–H groups in total. The Hall–Kier alpha value is -1.42. The molecule has 24 heavy (non-hydrogen) atoms. The molecule has 0 aliphatic carbocycles. The molecule has 3 heterocycles. The summed E-state index contributed by atoms with van der Waals surface area (Å²) < 4.78 is 39.1. The van der Waals surface area contributed by atoms with Gasteiger partial charge in [-0.15, -0.1) is 0 Å². The molecule has 0 unspecified atom stereocenters. The Balaban J connectivity index is 1.83. The standard InChI is InChI=1S/C15H23N3O5S/c1-12-10-17(3-8-23-12)15(19)14-9-13(11-16(14)2)24(20,21)18-4-6-22-7-5-18/h9,11-12H,3-8,10H2,1-2H3/t12-/m1/s1. The van der Waals surface area contributed by atoms with E-state index in [9.17, 15) is 13.2 Å². The first-order valence-electron chi connectivity index (χ1n) is 8.05. The van der Waals surface area contributed by atoms with Crippen LogP contribution in [0.25, 0.3) is 0 Å². The van der Waals surface area contributed by atoms with E-state index >= 15 is 0 Å². The van der Waals surface area contributed by atoms with Crippen LogP contribution in [0, 0.1) is 0 Å².